The Morgan fingerprint density at radius 2 is 1.72 bits per heavy atom. The third-order valence-electron chi connectivity index (χ3n) is 4.31. The number of ether oxygens (including phenoxy) is 4. The molecule has 0 spiro atoms. The SMILES string of the molecule is COc1ccc(C(=O)Nc2ccc(Nc3ccc4c(c3)OCO4)nc2)cc1OC. The number of nitrogens with one attached hydrogen (secondary N) is 2. The molecule has 0 saturated heterocycles. The molecule has 3 aromatic rings. The molecule has 4 rings (SSSR count). The molecule has 2 aromatic carbocycles. The fourth-order valence-electron chi connectivity index (χ4n) is 2.84. The van der Waals surface area contributed by atoms with Crippen molar-refractivity contribution >= 4 is 23.1 Å². The highest BCUT2D eigenvalue weighted by Gasteiger charge is 2.14. The normalized spacial score (nSPS) is 11.7. The number of aromatic nitrogens is 1. The van der Waals surface area contributed by atoms with Crippen LogP contribution in [0.25, 0.3) is 0 Å². The van der Waals surface area contributed by atoms with Crippen molar-refractivity contribution in [2.45, 2.75) is 0 Å². The zero-order valence-corrected chi connectivity index (χ0v) is 15.9. The number of carbonyl (C=O) groups excluding carboxylic acids is 1. The second-order valence-corrected chi connectivity index (χ2v) is 6.15. The molecule has 0 atom stereocenters. The van der Waals surface area contributed by atoms with E-state index in [0.717, 1.165) is 11.4 Å². The number of carbonyl (C=O) groups is 1. The first-order valence-corrected chi connectivity index (χ1v) is 8.82. The van der Waals surface area contributed by atoms with E-state index in [1.54, 1.807) is 43.6 Å². The number of hydrogen-bond donors (Lipinski definition) is 2. The Bertz CT molecular complexity index is 1040. The Balaban J connectivity index is 1.42. The zero-order valence-electron chi connectivity index (χ0n) is 15.9. The van der Waals surface area contributed by atoms with E-state index in [4.69, 9.17) is 18.9 Å². The van der Waals surface area contributed by atoms with Crippen molar-refractivity contribution in [3.8, 4) is 23.0 Å². The molecule has 148 valence electrons. The average molecular weight is 393 g/mol. The lowest BCUT2D eigenvalue weighted by atomic mass is 10.2. The maximum Gasteiger partial charge on any atom is 0.255 e. The number of hydrogen-bond acceptors (Lipinski definition) is 7. The van der Waals surface area contributed by atoms with Gasteiger partial charge in [-0.25, -0.2) is 4.98 Å². The smallest absolute Gasteiger partial charge is 0.255 e. The maximum atomic E-state index is 12.5. The molecule has 29 heavy (non-hydrogen) atoms. The third kappa shape index (κ3) is 4.01. The van der Waals surface area contributed by atoms with Crippen molar-refractivity contribution in [2.24, 2.45) is 0 Å². The first-order valence-electron chi connectivity index (χ1n) is 8.82. The number of rotatable bonds is 6. The number of anilines is 3. The molecule has 0 unspecified atom stereocenters. The molecule has 0 radical (unpaired) electrons. The van der Waals surface area contributed by atoms with Crippen LogP contribution in [-0.4, -0.2) is 31.9 Å². The van der Waals surface area contributed by atoms with Gasteiger partial charge in [0.2, 0.25) is 6.79 Å². The molecule has 0 fully saturated rings. The highest BCUT2D eigenvalue weighted by Crippen LogP contribution is 2.35. The van der Waals surface area contributed by atoms with E-state index >= 15 is 0 Å². The number of nitrogens with zero attached hydrogens (tertiary/aromatic N) is 1. The quantitative estimate of drug-likeness (QED) is 0.658. The van der Waals surface area contributed by atoms with Gasteiger partial charge in [0.1, 0.15) is 5.82 Å². The Morgan fingerprint density at radius 1 is 0.931 bits per heavy atom. The topological polar surface area (TPSA) is 90.9 Å². The van der Waals surface area contributed by atoms with Gasteiger partial charge >= 0.3 is 0 Å². The summed E-state index contributed by atoms with van der Waals surface area (Å²) in [7, 11) is 3.07. The van der Waals surface area contributed by atoms with Crippen molar-refractivity contribution in [1.82, 2.24) is 4.98 Å². The highest BCUT2D eigenvalue weighted by atomic mass is 16.7. The molecule has 8 heteroatoms. The number of amides is 1. The fraction of sp³-hybridized carbons (Fsp3) is 0.143. The van der Waals surface area contributed by atoms with E-state index in [1.807, 2.05) is 18.2 Å². The maximum absolute atomic E-state index is 12.5. The lowest BCUT2D eigenvalue weighted by Gasteiger charge is -2.10. The van der Waals surface area contributed by atoms with Gasteiger partial charge in [-0.15, -0.1) is 0 Å². The van der Waals surface area contributed by atoms with Gasteiger partial charge in [-0.1, -0.05) is 0 Å². The van der Waals surface area contributed by atoms with Gasteiger partial charge in [0.15, 0.2) is 23.0 Å². The second-order valence-electron chi connectivity index (χ2n) is 6.15. The summed E-state index contributed by atoms with van der Waals surface area (Å²) in [5, 5.41) is 5.99. The lowest BCUT2D eigenvalue weighted by molar-refractivity contribution is 0.102. The summed E-state index contributed by atoms with van der Waals surface area (Å²) in [5.74, 6) is 2.81. The Labute approximate surface area is 167 Å². The summed E-state index contributed by atoms with van der Waals surface area (Å²) in [6, 6.07) is 14.1. The number of benzene rings is 2. The van der Waals surface area contributed by atoms with Crippen molar-refractivity contribution < 1.29 is 23.7 Å². The Kier molecular flexibility index (Phi) is 5.07. The van der Waals surface area contributed by atoms with Crippen LogP contribution in [-0.2, 0) is 0 Å². The van der Waals surface area contributed by atoms with Gasteiger partial charge in [-0.3, -0.25) is 4.79 Å². The summed E-state index contributed by atoms with van der Waals surface area (Å²) in [5.41, 5.74) is 1.84. The van der Waals surface area contributed by atoms with Gasteiger partial charge in [0.25, 0.3) is 5.91 Å². The minimum atomic E-state index is -0.274. The van der Waals surface area contributed by atoms with Crippen LogP contribution >= 0.6 is 0 Å². The van der Waals surface area contributed by atoms with Crippen LogP contribution in [0.2, 0.25) is 0 Å². The minimum Gasteiger partial charge on any atom is -0.493 e. The standard InChI is InChI=1S/C21H19N3O5/c1-26-16-6-3-13(9-18(16)27-2)21(25)24-15-5-8-20(22-11-15)23-14-4-7-17-19(10-14)29-12-28-17/h3-11H,12H2,1-2H3,(H,22,23)(H,24,25). The van der Waals surface area contributed by atoms with Crippen LogP contribution in [0, 0.1) is 0 Å². The molecule has 0 aliphatic carbocycles. The molecular weight excluding hydrogens is 374 g/mol. The van der Waals surface area contributed by atoms with Gasteiger partial charge in [0, 0.05) is 17.3 Å². The first-order chi connectivity index (χ1) is 14.2. The van der Waals surface area contributed by atoms with E-state index < -0.39 is 0 Å². The Hall–Kier alpha value is -3.94. The van der Waals surface area contributed by atoms with Gasteiger partial charge in [-0.2, -0.15) is 0 Å². The van der Waals surface area contributed by atoms with E-state index in [1.165, 1.54) is 7.11 Å². The highest BCUT2D eigenvalue weighted by molar-refractivity contribution is 6.04. The summed E-state index contributed by atoms with van der Waals surface area (Å²) < 4.78 is 21.1. The third-order valence-corrected chi connectivity index (χ3v) is 4.31. The molecule has 1 aliphatic rings. The second kappa shape index (κ2) is 7.97. The predicted octanol–water partition coefficient (Wildman–Crippen LogP) is 3.82. The van der Waals surface area contributed by atoms with Crippen LogP contribution in [0.15, 0.2) is 54.7 Å². The van der Waals surface area contributed by atoms with E-state index in [2.05, 4.69) is 15.6 Å². The van der Waals surface area contributed by atoms with Crippen LogP contribution in [0.5, 0.6) is 23.0 Å². The van der Waals surface area contributed by atoms with Gasteiger partial charge in [-0.05, 0) is 42.5 Å². The summed E-state index contributed by atoms with van der Waals surface area (Å²) in [6.45, 7) is 0.228. The first kappa shape index (κ1) is 18.4. The molecule has 1 aromatic heterocycles. The molecule has 2 heterocycles. The molecular formula is C21H19N3O5. The lowest BCUT2D eigenvalue weighted by Crippen LogP contribution is -2.12. The van der Waals surface area contributed by atoms with Crippen LogP contribution in [0.1, 0.15) is 10.4 Å². The van der Waals surface area contributed by atoms with E-state index in [-0.39, 0.29) is 12.7 Å². The summed E-state index contributed by atoms with van der Waals surface area (Å²) >= 11 is 0. The average Bonchev–Trinajstić information content (AvgIpc) is 3.22. The monoisotopic (exact) mass is 393 g/mol. The summed E-state index contributed by atoms with van der Waals surface area (Å²) in [4.78, 5) is 16.8. The van der Waals surface area contributed by atoms with Crippen molar-refractivity contribution in [2.75, 3.05) is 31.6 Å². The summed E-state index contributed by atoms with van der Waals surface area (Å²) in [6.07, 6.45) is 1.58. The number of methoxy groups -OCH3 is 2. The van der Waals surface area contributed by atoms with Crippen LogP contribution in [0.3, 0.4) is 0 Å². The van der Waals surface area contributed by atoms with Crippen LogP contribution in [0.4, 0.5) is 17.2 Å². The minimum absolute atomic E-state index is 0.228. The number of fused-ring (bicyclic) bond motifs is 1. The van der Waals surface area contributed by atoms with E-state index in [0.29, 0.717) is 34.3 Å². The fourth-order valence-corrected chi connectivity index (χ4v) is 2.84. The largest absolute Gasteiger partial charge is 0.493 e. The van der Waals surface area contributed by atoms with Gasteiger partial charge < -0.3 is 29.6 Å². The number of pyridine rings is 1. The van der Waals surface area contributed by atoms with Crippen molar-refractivity contribution in [3.63, 3.8) is 0 Å². The van der Waals surface area contributed by atoms with Crippen molar-refractivity contribution in [1.29, 1.82) is 0 Å². The van der Waals surface area contributed by atoms with E-state index in [9.17, 15) is 4.79 Å². The molecule has 2 N–H and O–H groups in total. The van der Waals surface area contributed by atoms with Crippen LogP contribution < -0.4 is 29.6 Å². The van der Waals surface area contributed by atoms with Gasteiger partial charge in [0.05, 0.1) is 26.1 Å². The van der Waals surface area contributed by atoms with Crippen molar-refractivity contribution in [3.05, 3.63) is 60.3 Å². The predicted molar refractivity (Wildman–Crippen MR) is 108 cm³/mol. The molecule has 0 saturated carbocycles. The zero-order chi connectivity index (χ0) is 20.2. The molecule has 1 amide bonds. The molecule has 8 nitrogen and oxygen atoms in total. The Morgan fingerprint density at radius 3 is 2.48 bits per heavy atom. The molecule has 1 aliphatic heterocycles. The molecule has 0 bridgehead atoms.